The van der Waals surface area contributed by atoms with Crippen LogP contribution in [0.25, 0.3) is 0 Å². The summed E-state index contributed by atoms with van der Waals surface area (Å²) in [6.07, 6.45) is 1.01. The van der Waals surface area contributed by atoms with Gasteiger partial charge in [-0.3, -0.25) is 0 Å². The first-order chi connectivity index (χ1) is 5.38. The van der Waals surface area contributed by atoms with Crippen LogP contribution in [0.2, 0.25) is 0 Å². The average molecular weight is 148 g/mol. The molecular weight excluding hydrogens is 138 g/mol. The highest BCUT2D eigenvalue weighted by molar-refractivity contribution is 5.20. The van der Waals surface area contributed by atoms with Gasteiger partial charge in [0.25, 0.3) is 0 Å². The first kappa shape index (κ1) is 6.83. The molecule has 2 nitrogen and oxygen atoms in total. The van der Waals surface area contributed by atoms with Crippen molar-refractivity contribution >= 4 is 0 Å². The first-order valence-electron chi connectivity index (χ1n) is 3.86. The van der Waals surface area contributed by atoms with E-state index in [1.807, 2.05) is 30.3 Å². The molecule has 0 saturated carbocycles. The molecule has 1 radical (unpaired) electrons. The molecule has 0 aliphatic carbocycles. The van der Waals surface area contributed by atoms with Crippen LogP contribution in [0.1, 0.15) is 18.0 Å². The highest BCUT2D eigenvalue weighted by Crippen LogP contribution is 2.30. The van der Waals surface area contributed by atoms with Crippen molar-refractivity contribution < 1.29 is 5.21 Å². The van der Waals surface area contributed by atoms with Gasteiger partial charge < -0.3 is 0 Å². The maximum absolute atomic E-state index is 10.9. The van der Waals surface area contributed by atoms with Crippen LogP contribution in [0.3, 0.4) is 0 Å². The van der Waals surface area contributed by atoms with Crippen LogP contribution >= 0.6 is 0 Å². The lowest BCUT2D eigenvalue weighted by Gasteiger charge is -2.33. The SMILES string of the molecule is [O]N1CCC1c1ccccc1. The second-order valence-electron chi connectivity index (χ2n) is 2.86. The minimum absolute atomic E-state index is 0.135. The molecule has 1 aliphatic heterocycles. The van der Waals surface area contributed by atoms with Crippen LogP contribution in [-0.4, -0.2) is 11.6 Å². The molecule has 2 rings (SSSR count). The molecule has 0 spiro atoms. The summed E-state index contributed by atoms with van der Waals surface area (Å²) in [5.74, 6) is 0. The summed E-state index contributed by atoms with van der Waals surface area (Å²) >= 11 is 0. The molecule has 0 amide bonds. The lowest BCUT2D eigenvalue weighted by atomic mass is 9.98. The van der Waals surface area contributed by atoms with Crippen molar-refractivity contribution in [1.82, 2.24) is 5.06 Å². The van der Waals surface area contributed by atoms with Crippen LogP contribution in [0, 0.1) is 0 Å². The molecule has 2 heteroatoms. The van der Waals surface area contributed by atoms with Crippen molar-refractivity contribution in [2.45, 2.75) is 12.5 Å². The van der Waals surface area contributed by atoms with E-state index in [9.17, 15) is 5.21 Å². The Balaban J connectivity index is 2.17. The highest BCUT2D eigenvalue weighted by atomic mass is 16.5. The van der Waals surface area contributed by atoms with Crippen LogP contribution in [-0.2, 0) is 5.21 Å². The van der Waals surface area contributed by atoms with Gasteiger partial charge in [0.15, 0.2) is 0 Å². The van der Waals surface area contributed by atoms with E-state index in [0.717, 1.165) is 17.0 Å². The predicted octanol–water partition coefficient (Wildman–Crippen LogP) is 1.78. The topological polar surface area (TPSA) is 23.1 Å². The second-order valence-corrected chi connectivity index (χ2v) is 2.86. The van der Waals surface area contributed by atoms with Crippen molar-refractivity contribution in [3.8, 4) is 0 Å². The zero-order valence-corrected chi connectivity index (χ0v) is 6.23. The fourth-order valence-electron chi connectivity index (χ4n) is 1.37. The summed E-state index contributed by atoms with van der Waals surface area (Å²) < 4.78 is 0. The number of hydroxylamine groups is 2. The van der Waals surface area contributed by atoms with Gasteiger partial charge in [-0.15, -0.1) is 10.3 Å². The first-order valence-corrected chi connectivity index (χ1v) is 3.86. The molecule has 0 N–H and O–H groups in total. The van der Waals surface area contributed by atoms with Crippen molar-refractivity contribution in [2.75, 3.05) is 6.54 Å². The van der Waals surface area contributed by atoms with Crippen LogP contribution in [0.4, 0.5) is 0 Å². The monoisotopic (exact) mass is 148 g/mol. The third kappa shape index (κ3) is 1.15. The molecule has 1 aliphatic rings. The molecular formula is C9H10NO. The Bertz CT molecular complexity index is 235. The molecule has 57 valence electrons. The van der Waals surface area contributed by atoms with E-state index in [-0.39, 0.29) is 6.04 Å². The van der Waals surface area contributed by atoms with Gasteiger partial charge in [0.1, 0.15) is 0 Å². The Morgan fingerprint density at radius 2 is 2.00 bits per heavy atom. The summed E-state index contributed by atoms with van der Waals surface area (Å²) in [4.78, 5) is 0. The number of hydrogen-bond acceptors (Lipinski definition) is 1. The highest BCUT2D eigenvalue weighted by Gasteiger charge is 2.28. The van der Waals surface area contributed by atoms with Crippen molar-refractivity contribution in [2.24, 2.45) is 0 Å². The molecule has 1 atom stereocenters. The van der Waals surface area contributed by atoms with Gasteiger partial charge in [-0.05, 0) is 12.0 Å². The third-order valence-corrected chi connectivity index (χ3v) is 2.15. The fourth-order valence-corrected chi connectivity index (χ4v) is 1.37. The van der Waals surface area contributed by atoms with Gasteiger partial charge in [0.05, 0.1) is 6.04 Å². The molecule has 1 unspecified atom stereocenters. The van der Waals surface area contributed by atoms with Crippen molar-refractivity contribution in [3.63, 3.8) is 0 Å². The average Bonchev–Trinajstić information content (AvgIpc) is 2.04. The van der Waals surface area contributed by atoms with E-state index in [4.69, 9.17) is 0 Å². The Morgan fingerprint density at radius 3 is 2.45 bits per heavy atom. The number of hydrogen-bond donors (Lipinski definition) is 0. The zero-order chi connectivity index (χ0) is 7.68. The maximum atomic E-state index is 10.9. The summed E-state index contributed by atoms with van der Waals surface area (Å²) in [5, 5.41) is 12.1. The van der Waals surface area contributed by atoms with Gasteiger partial charge in [0.2, 0.25) is 0 Å². The van der Waals surface area contributed by atoms with Crippen LogP contribution < -0.4 is 0 Å². The minimum atomic E-state index is 0.135. The van der Waals surface area contributed by atoms with Gasteiger partial charge in [-0.1, -0.05) is 30.3 Å². The second kappa shape index (κ2) is 2.64. The van der Waals surface area contributed by atoms with Crippen molar-refractivity contribution in [3.05, 3.63) is 35.9 Å². The molecule has 1 saturated heterocycles. The van der Waals surface area contributed by atoms with Crippen LogP contribution in [0.15, 0.2) is 30.3 Å². The Kier molecular flexibility index (Phi) is 1.64. The molecule has 1 aromatic carbocycles. The van der Waals surface area contributed by atoms with E-state index in [0.29, 0.717) is 6.54 Å². The Morgan fingerprint density at radius 1 is 1.27 bits per heavy atom. The summed E-state index contributed by atoms with van der Waals surface area (Å²) in [6, 6.07) is 10.1. The molecule has 11 heavy (non-hydrogen) atoms. The van der Waals surface area contributed by atoms with E-state index in [1.54, 1.807) is 0 Å². The van der Waals surface area contributed by atoms with E-state index >= 15 is 0 Å². The lowest BCUT2D eigenvalue weighted by Crippen LogP contribution is -2.36. The largest absolute Gasteiger partial charge is 0.147 e. The quantitative estimate of drug-likeness (QED) is 0.595. The van der Waals surface area contributed by atoms with Crippen molar-refractivity contribution in [1.29, 1.82) is 0 Å². The summed E-state index contributed by atoms with van der Waals surface area (Å²) in [7, 11) is 0. The Labute approximate surface area is 66.0 Å². The molecule has 1 aromatic rings. The number of rotatable bonds is 1. The van der Waals surface area contributed by atoms with Gasteiger partial charge in [-0.25, -0.2) is 0 Å². The minimum Gasteiger partial charge on any atom is -0.147 e. The van der Waals surface area contributed by atoms with Crippen LogP contribution in [0.5, 0.6) is 0 Å². The predicted molar refractivity (Wildman–Crippen MR) is 41.2 cm³/mol. The Hall–Kier alpha value is -0.860. The summed E-state index contributed by atoms with van der Waals surface area (Å²) in [5.41, 5.74) is 1.15. The lowest BCUT2D eigenvalue weighted by molar-refractivity contribution is -0.238. The maximum Gasteiger partial charge on any atom is 0.0645 e. The molecule has 1 heterocycles. The van der Waals surface area contributed by atoms with E-state index in [2.05, 4.69) is 0 Å². The fraction of sp³-hybridized carbons (Fsp3) is 0.333. The van der Waals surface area contributed by atoms with Gasteiger partial charge in [0, 0.05) is 6.54 Å². The summed E-state index contributed by atoms with van der Waals surface area (Å²) in [6.45, 7) is 0.694. The van der Waals surface area contributed by atoms with Gasteiger partial charge >= 0.3 is 0 Å². The standard InChI is InChI=1S/C9H10NO/c11-10-7-6-9(10)8-4-2-1-3-5-8/h1-5,9H,6-7H2. The molecule has 0 bridgehead atoms. The third-order valence-electron chi connectivity index (χ3n) is 2.15. The smallest absolute Gasteiger partial charge is 0.0645 e. The van der Waals surface area contributed by atoms with Gasteiger partial charge in [-0.2, -0.15) is 0 Å². The number of benzene rings is 1. The zero-order valence-electron chi connectivity index (χ0n) is 6.23. The molecule has 1 fully saturated rings. The normalized spacial score (nSPS) is 24.6. The van der Waals surface area contributed by atoms with E-state index < -0.39 is 0 Å². The molecule has 0 aromatic heterocycles. The van der Waals surface area contributed by atoms with E-state index in [1.165, 1.54) is 0 Å². The number of nitrogens with zero attached hydrogens (tertiary/aromatic N) is 1.